The Balaban J connectivity index is 1.19. The van der Waals surface area contributed by atoms with E-state index in [1.165, 1.54) is 12.7 Å². The molecule has 206 valence electrons. The first-order valence-corrected chi connectivity index (χ1v) is 14.0. The van der Waals surface area contributed by atoms with E-state index < -0.39 is 0 Å². The van der Waals surface area contributed by atoms with Crippen LogP contribution in [0.25, 0.3) is 5.69 Å². The highest BCUT2D eigenvalue weighted by atomic mass is 16.5. The molecular weight excluding hydrogens is 490 g/mol. The smallest absolute Gasteiger partial charge is 0.323 e. The summed E-state index contributed by atoms with van der Waals surface area (Å²) >= 11 is 0. The van der Waals surface area contributed by atoms with Gasteiger partial charge in [-0.25, -0.2) is 4.68 Å². The summed E-state index contributed by atoms with van der Waals surface area (Å²) in [5, 5.41) is 7.73. The van der Waals surface area contributed by atoms with Crippen LogP contribution < -0.4 is 5.32 Å². The minimum atomic E-state index is -0.331. The van der Waals surface area contributed by atoms with E-state index in [-0.39, 0.29) is 24.0 Å². The molecule has 2 fully saturated rings. The van der Waals surface area contributed by atoms with Gasteiger partial charge in [-0.15, -0.1) is 0 Å². The summed E-state index contributed by atoms with van der Waals surface area (Å²) < 4.78 is 7.02. The number of aromatic nitrogens is 2. The van der Waals surface area contributed by atoms with Crippen LogP contribution in [0.2, 0.25) is 0 Å². The second kappa shape index (κ2) is 12.1. The number of nitrogens with zero attached hydrogens (tertiary/aromatic N) is 4. The number of carbonyl (C=O) groups is 2. The maximum Gasteiger partial charge on any atom is 0.323 e. The van der Waals surface area contributed by atoms with Gasteiger partial charge < -0.3 is 15.0 Å². The molecule has 39 heavy (non-hydrogen) atoms. The van der Waals surface area contributed by atoms with Gasteiger partial charge in [0, 0.05) is 36.4 Å². The average Bonchev–Trinajstić information content (AvgIpc) is 3.54. The first-order chi connectivity index (χ1) is 18.9. The van der Waals surface area contributed by atoms with Crippen molar-refractivity contribution in [3.05, 3.63) is 83.2 Å². The van der Waals surface area contributed by atoms with E-state index in [0.29, 0.717) is 24.6 Å². The lowest BCUT2D eigenvalue weighted by Crippen LogP contribution is -2.49. The summed E-state index contributed by atoms with van der Waals surface area (Å²) in [6, 6.07) is 20.0. The lowest BCUT2D eigenvalue weighted by atomic mass is 10.0. The van der Waals surface area contributed by atoms with Crippen LogP contribution in [0.15, 0.2) is 60.7 Å². The number of aryl methyl sites for hydroxylation is 2. The number of hydrogen-bond donors (Lipinski definition) is 1. The van der Waals surface area contributed by atoms with E-state index in [9.17, 15) is 9.59 Å². The van der Waals surface area contributed by atoms with Gasteiger partial charge >= 0.3 is 5.97 Å². The third-order valence-corrected chi connectivity index (χ3v) is 8.10. The number of carbonyl (C=O) groups excluding carboxylic acids is 2. The normalized spacial score (nSPS) is 20.7. The number of esters is 1. The second-order valence-electron chi connectivity index (χ2n) is 10.8. The Morgan fingerprint density at radius 1 is 1.03 bits per heavy atom. The zero-order valence-corrected chi connectivity index (χ0v) is 23.2. The Morgan fingerprint density at radius 2 is 1.79 bits per heavy atom. The van der Waals surface area contributed by atoms with Gasteiger partial charge in [0.05, 0.1) is 18.5 Å². The Kier molecular flexibility index (Phi) is 8.43. The molecule has 0 unspecified atom stereocenters. The Hall–Kier alpha value is -3.49. The fraction of sp³-hybridized carbons (Fsp3) is 0.452. The number of likely N-dealkylation sites (tertiary alicyclic amines) is 2. The molecule has 8 nitrogen and oxygen atoms in total. The van der Waals surface area contributed by atoms with Crippen LogP contribution in [-0.4, -0.2) is 82.9 Å². The van der Waals surface area contributed by atoms with Crippen LogP contribution in [0.5, 0.6) is 0 Å². The molecule has 1 aromatic heterocycles. The van der Waals surface area contributed by atoms with Crippen molar-refractivity contribution in [2.75, 3.05) is 33.3 Å². The number of ether oxygens (including phenoxy) is 1. The van der Waals surface area contributed by atoms with Crippen molar-refractivity contribution >= 4 is 11.9 Å². The van der Waals surface area contributed by atoms with Gasteiger partial charge in [-0.05, 0) is 82.4 Å². The molecule has 2 aromatic carbocycles. The lowest BCUT2D eigenvalue weighted by molar-refractivity contribution is -0.147. The number of hydrogen-bond acceptors (Lipinski definition) is 6. The largest absolute Gasteiger partial charge is 0.468 e. The number of benzene rings is 2. The fourth-order valence-electron chi connectivity index (χ4n) is 6.08. The summed E-state index contributed by atoms with van der Waals surface area (Å²) in [7, 11) is 1.45. The Morgan fingerprint density at radius 3 is 2.49 bits per heavy atom. The number of piperidine rings is 1. The molecule has 2 aliphatic heterocycles. The number of rotatable bonds is 8. The molecule has 0 spiro atoms. The average molecular weight is 530 g/mol. The topological polar surface area (TPSA) is 79.7 Å². The van der Waals surface area contributed by atoms with Gasteiger partial charge in [0.25, 0.3) is 5.91 Å². The second-order valence-corrected chi connectivity index (χ2v) is 10.8. The standard InChI is InChI=1S/C31H39N5O3/c1-22-18-23(2)36(33-22)28-11-7-10-25(19-28)30(37)32-26-20-29(31(38)39-3)35(21-26)27-13-16-34(17-14-27)15-12-24-8-5-4-6-9-24/h4-11,18-19,26-27,29H,12-17,20-21H2,1-3H3,(H,32,37)/t26-,29-/m0/s1. The lowest BCUT2D eigenvalue weighted by Gasteiger charge is -2.38. The van der Waals surface area contributed by atoms with Gasteiger partial charge in [-0.2, -0.15) is 5.10 Å². The van der Waals surface area contributed by atoms with Crippen LogP contribution in [0, 0.1) is 13.8 Å². The van der Waals surface area contributed by atoms with Gasteiger partial charge in [0.2, 0.25) is 0 Å². The Labute approximate surface area is 230 Å². The molecule has 0 aliphatic carbocycles. The molecule has 3 aromatic rings. The zero-order valence-electron chi connectivity index (χ0n) is 23.2. The van der Waals surface area contributed by atoms with Crippen LogP contribution in [-0.2, 0) is 16.0 Å². The zero-order chi connectivity index (χ0) is 27.4. The number of methoxy groups -OCH3 is 1. The van der Waals surface area contributed by atoms with Gasteiger partial charge in [0.1, 0.15) is 6.04 Å². The van der Waals surface area contributed by atoms with E-state index in [1.807, 2.05) is 48.9 Å². The predicted molar refractivity (Wildman–Crippen MR) is 151 cm³/mol. The molecule has 0 bridgehead atoms. The highest BCUT2D eigenvalue weighted by molar-refractivity contribution is 5.95. The summed E-state index contributed by atoms with van der Waals surface area (Å²) in [6.45, 7) is 7.68. The minimum Gasteiger partial charge on any atom is -0.468 e. The summed E-state index contributed by atoms with van der Waals surface area (Å²) in [5.41, 5.74) is 4.75. The molecule has 2 saturated heterocycles. The first-order valence-electron chi connectivity index (χ1n) is 14.0. The van der Waals surface area contributed by atoms with Crippen molar-refractivity contribution in [3.8, 4) is 5.69 Å². The van der Waals surface area contributed by atoms with Crippen molar-refractivity contribution in [2.45, 2.75) is 57.7 Å². The van der Waals surface area contributed by atoms with Crippen molar-refractivity contribution in [1.29, 1.82) is 0 Å². The quantitative estimate of drug-likeness (QED) is 0.450. The summed E-state index contributed by atoms with van der Waals surface area (Å²) in [6.07, 6.45) is 3.62. The molecule has 0 saturated carbocycles. The molecule has 1 N–H and O–H groups in total. The molecule has 1 amide bonds. The van der Waals surface area contributed by atoms with E-state index in [2.05, 4.69) is 50.5 Å². The molecule has 2 atom stereocenters. The first kappa shape index (κ1) is 27.1. The molecule has 5 rings (SSSR count). The van der Waals surface area contributed by atoms with Gasteiger partial charge in [-0.1, -0.05) is 36.4 Å². The molecule has 2 aliphatic rings. The van der Waals surface area contributed by atoms with Crippen LogP contribution in [0.4, 0.5) is 0 Å². The fourth-order valence-corrected chi connectivity index (χ4v) is 6.08. The maximum atomic E-state index is 13.3. The SMILES string of the molecule is COC(=O)[C@@H]1C[C@H](NC(=O)c2cccc(-n3nc(C)cc3C)c2)CN1C1CCN(CCc2ccccc2)CC1. The molecule has 0 radical (unpaired) electrons. The monoisotopic (exact) mass is 529 g/mol. The van der Waals surface area contributed by atoms with Crippen molar-refractivity contribution in [2.24, 2.45) is 0 Å². The molecule has 3 heterocycles. The van der Waals surface area contributed by atoms with Crippen molar-refractivity contribution < 1.29 is 14.3 Å². The summed E-state index contributed by atoms with van der Waals surface area (Å²) in [4.78, 5) is 30.8. The Bertz CT molecular complexity index is 1280. The van der Waals surface area contributed by atoms with Crippen LogP contribution >= 0.6 is 0 Å². The third-order valence-electron chi connectivity index (χ3n) is 8.10. The predicted octanol–water partition coefficient (Wildman–Crippen LogP) is 3.54. The molecular formula is C31H39N5O3. The van der Waals surface area contributed by atoms with Gasteiger partial charge in [-0.3, -0.25) is 14.5 Å². The van der Waals surface area contributed by atoms with E-state index in [4.69, 9.17) is 4.74 Å². The van der Waals surface area contributed by atoms with Crippen molar-refractivity contribution in [3.63, 3.8) is 0 Å². The maximum absolute atomic E-state index is 13.3. The third kappa shape index (κ3) is 6.40. The van der Waals surface area contributed by atoms with E-state index in [1.54, 1.807) is 0 Å². The number of nitrogens with one attached hydrogen (secondary N) is 1. The highest BCUT2D eigenvalue weighted by Crippen LogP contribution is 2.28. The van der Waals surface area contributed by atoms with Crippen molar-refractivity contribution in [1.82, 2.24) is 24.9 Å². The number of amides is 1. The minimum absolute atomic E-state index is 0.116. The van der Waals surface area contributed by atoms with Crippen LogP contribution in [0.3, 0.4) is 0 Å². The van der Waals surface area contributed by atoms with Gasteiger partial charge in [0.15, 0.2) is 0 Å². The van der Waals surface area contributed by atoms with E-state index in [0.717, 1.165) is 56.0 Å². The highest BCUT2D eigenvalue weighted by Gasteiger charge is 2.42. The molecule has 8 heteroatoms. The van der Waals surface area contributed by atoms with E-state index >= 15 is 0 Å². The summed E-state index contributed by atoms with van der Waals surface area (Å²) in [5.74, 6) is -0.352. The van der Waals surface area contributed by atoms with Crippen LogP contribution in [0.1, 0.15) is 46.6 Å².